The lowest BCUT2D eigenvalue weighted by molar-refractivity contribution is -0.115. The van der Waals surface area contributed by atoms with Gasteiger partial charge in [0.15, 0.2) is 4.96 Å². The zero-order valence-electron chi connectivity index (χ0n) is 17.5. The molecule has 0 aliphatic rings. The van der Waals surface area contributed by atoms with Crippen molar-refractivity contribution in [2.24, 2.45) is 0 Å². The van der Waals surface area contributed by atoms with Crippen LogP contribution in [0.15, 0.2) is 66.2 Å². The van der Waals surface area contributed by atoms with E-state index < -0.39 is 0 Å². The summed E-state index contributed by atoms with van der Waals surface area (Å²) in [6.07, 6.45) is 2.21. The third-order valence-electron chi connectivity index (χ3n) is 5.16. The number of hydrogen-bond donors (Lipinski definition) is 1. The molecule has 0 fully saturated rings. The standard InChI is InChI=1S/C24H24N4O2S/c1-3-27(4-2)23(30)18-10-12-19(13-11-18)25-22(29)14-20-16-31-24-26-21(15-28(20)24)17-8-6-5-7-9-17/h5-13,15-16H,3-4,14H2,1-2H3,(H,25,29). The Balaban J connectivity index is 1.44. The van der Waals surface area contributed by atoms with Crippen LogP contribution in [0.25, 0.3) is 16.2 Å². The molecule has 0 spiro atoms. The van der Waals surface area contributed by atoms with Gasteiger partial charge in [-0.1, -0.05) is 30.3 Å². The summed E-state index contributed by atoms with van der Waals surface area (Å²) in [6.45, 7) is 5.26. The molecular weight excluding hydrogens is 408 g/mol. The van der Waals surface area contributed by atoms with E-state index in [0.29, 0.717) is 24.3 Å². The first-order valence-corrected chi connectivity index (χ1v) is 11.2. The number of aromatic nitrogens is 2. The lowest BCUT2D eigenvalue weighted by Gasteiger charge is -2.18. The molecule has 2 aromatic heterocycles. The summed E-state index contributed by atoms with van der Waals surface area (Å²) in [5.41, 5.74) is 4.12. The molecule has 1 N–H and O–H groups in total. The molecule has 0 bridgehead atoms. The van der Waals surface area contributed by atoms with Gasteiger partial charge in [0.2, 0.25) is 5.91 Å². The lowest BCUT2D eigenvalue weighted by Crippen LogP contribution is -2.30. The van der Waals surface area contributed by atoms with Crippen molar-refractivity contribution in [3.05, 3.63) is 77.4 Å². The molecule has 6 nitrogen and oxygen atoms in total. The van der Waals surface area contributed by atoms with Crippen molar-refractivity contribution < 1.29 is 9.59 Å². The molecule has 0 aliphatic carbocycles. The molecule has 158 valence electrons. The molecule has 31 heavy (non-hydrogen) atoms. The van der Waals surface area contributed by atoms with Gasteiger partial charge in [-0.2, -0.15) is 0 Å². The number of carbonyl (C=O) groups is 2. The second kappa shape index (κ2) is 9.14. The normalized spacial score (nSPS) is 10.9. The van der Waals surface area contributed by atoms with E-state index in [4.69, 9.17) is 0 Å². The van der Waals surface area contributed by atoms with Crippen LogP contribution in [0.4, 0.5) is 5.69 Å². The Kier molecular flexibility index (Phi) is 6.13. The van der Waals surface area contributed by atoms with E-state index in [1.54, 1.807) is 29.2 Å². The highest BCUT2D eigenvalue weighted by atomic mass is 32.1. The van der Waals surface area contributed by atoms with Crippen molar-refractivity contribution >= 4 is 33.8 Å². The number of imidazole rings is 1. The van der Waals surface area contributed by atoms with Gasteiger partial charge in [-0.05, 0) is 38.1 Å². The van der Waals surface area contributed by atoms with E-state index in [1.807, 2.05) is 60.2 Å². The van der Waals surface area contributed by atoms with Gasteiger partial charge in [-0.25, -0.2) is 4.98 Å². The number of benzene rings is 2. The number of amides is 2. The molecule has 2 heterocycles. The largest absolute Gasteiger partial charge is 0.339 e. The van der Waals surface area contributed by atoms with Gasteiger partial charge < -0.3 is 10.2 Å². The Morgan fingerprint density at radius 1 is 1.03 bits per heavy atom. The van der Waals surface area contributed by atoms with Crippen molar-refractivity contribution in [1.29, 1.82) is 0 Å². The lowest BCUT2D eigenvalue weighted by atomic mass is 10.1. The van der Waals surface area contributed by atoms with Gasteiger partial charge in [0, 0.05) is 47.2 Å². The van der Waals surface area contributed by atoms with Crippen LogP contribution in [-0.2, 0) is 11.2 Å². The van der Waals surface area contributed by atoms with Gasteiger partial charge in [0.05, 0.1) is 12.1 Å². The summed E-state index contributed by atoms with van der Waals surface area (Å²) in [6, 6.07) is 17.0. The fourth-order valence-electron chi connectivity index (χ4n) is 3.46. The molecule has 4 rings (SSSR count). The van der Waals surface area contributed by atoms with Gasteiger partial charge in [-0.15, -0.1) is 11.3 Å². The van der Waals surface area contributed by atoms with E-state index in [0.717, 1.165) is 21.9 Å². The number of carbonyl (C=O) groups excluding carboxylic acids is 2. The fraction of sp³-hybridized carbons (Fsp3) is 0.208. The summed E-state index contributed by atoms with van der Waals surface area (Å²) in [7, 11) is 0. The van der Waals surface area contributed by atoms with E-state index in [9.17, 15) is 9.59 Å². The highest BCUT2D eigenvalue weighted by Gasteiger charge is 2.14. The van der Waals surface area contributed by atoms with Crippen LogP contribution in [0.5, 0.6) is 0 Å². The number of rotatable bonds is 7. The Bertz CT molecular complexity index is 1190. The molecule has 2 amide bonds. The zero-order valence-corrected chi connectivity index (χ0v) is 18.4. The zero-order chi connectivity index (χ0) is 21.8. The van der Waals surface area contributed by atoms with Crippen molar-refractivity contribution in [2.45, 2.75) is 20.3 Å². The minimum absolute atomic E-state index is 0.00197. The van der Waals surface area contributed by atoms with Gasteiger partial charge in [0.25, 0.3) is 5.91 Å². The minimum Gasteiger partial charge on any atom is -0.339 e. The third-order valence-corrected chi connectivity index (χ3v) is 6.05. The third kappa shape index (κ3) is 4.51. The van der Waals surface area contributed by atoms with Gasteiger partial charge in [0.1, 0.15) is 0 Å². The molecule has 0 radical (unpaired) electrons. The van der Waals surface area contributed by atoms with E-state index in [1.165, 1.54) is 11.3 Å². The number of thiazole rings is 1. The second-order valence-corrected chi connectivity index (χ2v) is 7.99. The van der Waals surface area contributed by atoms with E-state index in [-0.39, 0.29) is 18.2 Å². The smallest absolute Gasteiger partial charge is 0.253 e. The Hall–Kier alpha value is -3.45. The molecule has 0 atom stereocenters. The predicted molar refractivity (Wildman–Crippen MR) is 125 cm³/mol. The van der Waals surface area contributed by atoms with Crippen molar-refractivity contribution in [3.8, 4) is 11.3 Å². The molecule has 0 aliphatic heterocycles. The molecule has 2 aromatic carbocycles. The van der Waals surface area contributed by atoms with Gasteiger partial charge >= 0.3 is 0 Å². The number of nitrogens with one attached hydrogen (secondary N) is 1. The summed E-state index contributed by atoms with van der Waals surface area (Å²) >= 11 is 1.52. The summed E-state index contributed by atoms with van der Waals surface area (Å²) in [5.74, 6) is -0.115. The Morgan fingerprint density at radius 3 is 2.42 bits per heavy atom. The molecule has 4 aromatic rings. The van der Waals surface area contributed by atoms with Gasteiger partial charge in [-0.3, -0.25) is 14.0 Å². The number of anilines is 1. The Labute approximate surface area is 185 Å². The van der Waals surface area contributed by atoms with Crippen LogP contribution in [0.2, 0.25) is 0 Å². The maximum atomic E-state index is 12.6. The second-order valence-electron chi connectivity index (χ2n) is 7.15. The summed E-state index contributed by atoms with van der Waals surface area (Å²) in [4.78, 5) is 32.3. The highest BCUT2D eigenvalue weighted by Crippen LogP contribution is 2.24. The van der Waals surface area contributed by atoms with E-state index >= 15 is 0 Å². The quantitative estimate of drug-likeness (QED) is 0.459. The number of hydrogen-bond acceptors (Lipinski definition) is 4. The number of fused-ring (bicyclic) bond motifs is 1. The molecular formula is C24H24N4O2S. The van der Waals surface area contributed by atoms with Crippen LogP contribution < -0.4 is 5.32 Å². The molecule has 0 saturated heterocycles. The first-order valence-electron chi connectivity index (χ1n) is 10.3. The molecule has 0 saturated carbocycles. The van der Waals surface area contributed by atoms with Crippen LogP contribution in [0.3, 0.4) is 0 Å². The van der Waals surface area contributed by atoms with E-state index in [2.05, 4.69) is 10.3 Å². The maximum Gasteiger partial charge on any atom is 0.253 e. The minimum atomic E-state index is -0.113. The summed E-state index contributed by atoms with van der Waals surface area (Å²) in [5, 5.41) is 4.87. The number of nitrogens with zero attached hydrogens (tertiary/aromatic N) is 3. The van der Waals surface area contributed by atoms with Crippen LogP contribution >= 0.6 is 11.3 Å². The topological polar surface area (TPSA) is 66.7 Å². The fourth-order valence-corrected chi connectivity index (χ4v) is 4.34. The monoisotopic (exact) mass is 432 g/mol. The van der Waals surface area contributed by atoms with Crippen LogP contribution in [0, 0.1) is 0 Å². The molecule has 0 unspecified atom stereocenters. The SMILES string of the molecule is CCN(CC)C(=O)c1ccc(NC(=O)Cc2csc3nc(-c4ccccc4)cn23)cc1. The van der Waals surface area contributed by atoms with Crippen molar-refractivity contribution in [1.82, 2.24) is 14.3 Å². The van der Waals surface area contributed by atoms with Crippen LogP contribution in [0.1, 0.15) is 29.9 Å². The Morgan fingerprint density at radius 2 is 1.74 bits per heavy atom. The molecule has 7 heteroatoms. The van der Waals surface area contributed by atoms with Crippen molar-refractivity contribution in [2.75, 3.05) is 18.4 Å². The van der Waals surface area contributed by atoms with Crippen molar-refractivity contribution in [3.63, 3.8) is 0 Å². The maximum absolute atomic E-state index is 12.6. The first kappa shape index (κ1) is 20.8. The average molecular weight is 433 g/mol. The highest BCUT2D eigenvalue weighted by molar-refractivity contribution is 7.15. The summed E-state index contributed by atoms with van der Waals surface area (Å²) < 4.78 is 1.97. The average Bonchev–Trinajstić information content (AvgIpc) is 3.38. The first-order chi connectivity index (χ1) is 15.1. The predicted octanol–water partition coefficient (Wildman–Crippen LogP) is 4.73. The van der Waals surface area contributed by atoms with Crippen LogP contribution in [-0.4, -0.2) is 39.2 Å².